The van der Waals surface area contributed by atoms with Crippen LogP contribution in [0.15, 0.2) is 48.5 Å². The second kappa shape index (κ2) is 8.67. The normalized spacial score (nSPS) is 20.2. The molecule has 6 rings (SSSR count). The summed E-state index contributed by atoms with van der Waals surface area (Å²) in [6.07, 6.45) is 0.813. The first-order valence-corrected chi connectivity index (χ1v) is 12.4. The number of carbonyl (C=O) groups excluding carboxylic acids is 1. The van der Waals surface area contributed by atoms with Crippen molar-refractivity contribution in [2.75, 3.05) is 13.1 Å². The fourth-order valence-electron chi connectivity index (χ4n) is 5.32. The molecule has 36 heavy (non-hydrogen) atoms. The smallest absolute Gasteiger partial charge is 0.405 e. The molecular formula is C27H29N5O4. The molecule has 0 bridgehead atoms. The Kier molecular flexibility index (Phi) is 5.44. The molecule has 186 valence electrons. The standard InChI is InChI=1S/C27H29N5O4/c1-30-22-9-8-18(26(34)31-11-10-24(33)20(15-31)29-27(35)36)12-19(22)28-25(30)23-13-17-4-2-3-5-21(17)32(23)14-16-6-7-16/h2-5,8-9,12-13,16,20,24,29,33H,6-7,10-11,14-15H2,1H3,(H,35,36)/t20-,24+/m0/s1. The van der Waals surface area contributed by atoms with Gasteiger partial charge in [-0.15, -0.1) is 0 Å². The molecule has 3 heterocycles. The zero-order chi connectivity index (χ0) is 25.0. The highest BCUT2D eigenvalue weighted by molar-refractivity contribution is 5.98. The maximum absolute atomic E-state index is 13.3. The maximum atomic E-state index is 13.3. The second-order valence-electron chi connectivity index (χ2n) is 10.0. The molecule has 4 aromatic rings. The number of aryl methyl sites for hydroxylation is 1. The zero-order valence-electron chi connectivity index (χ0n) is 20.1. The van der Waals surface area contributed by atoms with Crippen molar-refractivity contribution < 1.29 is 19.8 Å². The van der Waals surface area contributed by atoms with E-state index >= 15 is 0 Å². The number of benzene rings is 2. The third kappa shape index (κ3) is 3.99. The number of hydrogen-bond donors (Lipinski definition) is 3. The van der Waals surface area contributed by atoms with Crippen LogP contribution in [-0.4, -0.2) is 66.5 Å². The number of nitrogens with one attached hydrogen (secondary N) is 1. The van der Waals surface area contributed by atoms with Crippen LogP contribution in [0.1, 0.15) is 29.6 Å². The van der Waals surface area contributed by atoms with Crippen molar-refractivity contribution >= 4 is 33.9 Å². The lowest BCUT2D eigenvalue weighted by atomic mass is 10.0. The number of carboxylic acid groups (broad SMARTS) is 1. The molecule has 2 aromatic carbocycles. The topological polar surface area (TPSA) is 113 Å². The maximum Gasteiger partial charge on any atom is 0.405 e. The zero-order valence-corrected chi connectivity index (χ0v) is 20.1. The number of likely N-dealkylation sites (tertiary alicyclic amines) is 1. The molecule has 9 heteroatoms. The van der Waals surface area contributed by atoms with E-state index in [1.807, 2.05) is 13.1 Å². The predicted octanol–water partition coefficient (Wildman–Crippen LogP) is 3.45. The number of carbonyl (C=O) groups is 2. The predicted molar refractivity (Wildman–Crippen MR) is 136 cm³/mol. The van der Waals surface area contributed by atoms with Crippen LogP contribution in [0.2, 0.25) is 0 Å². The molecule has 0 unspecified atom stereocenters. The lowest BCUT2D eigenvalue weighted by Gasteiger charge is -2.36. The number of aliphatic hydroxyl groups is 1. The number of hydrogen-bond acceptors (Lipinski definition) is 4. The van der Waals surface area contributed by atoms with Crippen LogP contribution in [0.25, 0.3) is 33.5 Å². The molecular weight excluding hydrogens is 458 g/mol. The highest BCUT2D eigenvalue weighted by atomic mass is 16.4. The minimum Gasteiger partial charge on any atom is -0.465 e. The summed E-state index contributed by atoms with van der Waals surface area (Å²) in [5, 5.41) is 22.7. The van der Waals surface area contributed by atoms with Gasteiger partial charge >= 0.3 is 6.09 Å². The van der Waals surface area contributed by atoms with E-state index < -0.39 is 18.2 Å². The Hall–Kier alpha value is -3.85. The van der Waals surface area contributed by atoms with Crippen molar-refractivity contribution in [1.29, 1.82) is 0 Å². The number of rotatable bonds is 5. The number of aliphatic hydroxyl groups excluding tert-OH is 1. The number of aromatic nitrogens is 3. The molecule has 0 spiro atoms. The molecule has 0 radical (unpaired) electrons. The van der Waals surface area contributed by atoms with E-state index in [1.54, 1.807) is 17.0 Å². The van der Waals surface area contributed by atoms with E-state index in [0.717, 1.165) is 29.1 Å². The van der Waals surface area contributed by atoms with E-state index in [1.165, 1.54) is 23.7 Å². The first kappa shape index (κ1) is 22.6. The quantitative estimate of drug-likeness (QED) is 0.399. The summed E-state index contributed by atoms with van der Waals surface area (Å²) >= 11 is 0. The minimum atomic E-state index is -1.21. The highest BCUT2D eigenvalue weighted by Gasteiger charge is 2.32. The largest absolute Gasteiger partial charge is 0.465 e. The van der Waals surface area contributed by atoms with Gasteiger partial charge in [-0.2, -0.15) is 0 Å². The molecule has 2 amide bonds. The van der Waals surface area contributed by atoms with E-state index in [0.29, 0.717) is 24.4 Å². The molecule has 2 aliphatic rings. The fraction of sp³-hybridized carbons (Fsp3) is 0.370. The fourth-order valence-corrected chi connectivity index (χ4v) is 5.32. The van der Waals surface area contributed by atoms with Crippen LogP contribution < -0.4 is 5.32 Å². The monoisotopic (exact) mass is 487 g/mol. The molecule has 2 aromatic heterocycles. The summed E-state index contributed by atoms with van der Waals surface area (Å²) in [5.74, 6) is 1.37. The third-order valence-corrected chi connectivity index (χ3v) is 7.48. The first-order chi connectivity index (χ1) is 17.4. The van der Waals surface area contributed by atoms with Gasteiger partial charge in [0.15, 0.2) is 5.82 Å². The van der Waals surface area contributed by atoms with Crippen LogP contribution in [0.5, 0.6) is 0 Å². The first-order valence-electron chi connectivity index (χ1n) is 12.4. The Labute approximate surface area is 207 Å². The van der Waals surface area contributed by atoms with Gasteiger partial charge in [-0.3, -0.25) is 4.79 Å². The van der Waals surface area contributed by atoms with Crippen LogP contribution in [0.3, 0.4) is 0 Å². The van der Waals surface area contributed by atoms with Gasteiger partial charge in [0.05, 0.1) is 28.9 Å². The number of fused-ring (bicyclic) bond motifs is 2. The van der Waals surface area contributed by atoms with Crippen molar-refractivity contribution in [2.45, 2.75) is 38.0 Å². The Bertz CT molecular complexity index is 1480. The van der Waals surface area contributed by atoms with Gasteiger partial charge in [0.1, 0.15) is 0 Å². The third-order valence-electron chi connectivity index (χ3n) is 7.48. The van der Waals surface area contributed by atoms with Crippen LogP contribution >= 0.6 is 0 Å². The molecule has 9 nitrogen and oxygen atoms in total. The molecule has 2 fully saturated rings. The van der Waals surface area contributed by atoms with Crippen molar-refractivity contribution in [2.24, 2.45) is 13.0 Å². The van der Waals surface area contributed by atoms with Crippen molar-refractivity contribution in [3.63, 3.8) is 0 Å². The summed E-state index contributed by atoms with van der Waals surface area (Å²) < 4.78 is 4.44. The van der Waals surface area contributed by atoms with Gasteiger partial charge in [-0.1, -0.05) is 18.2 Å². The number of para-hydroxylation sites is 1. The Morgan fingerprint density at radius 1 is 1.08 bits per heavy atom. The van der Waals surface area contributed by atoms with E-state index in [4.69, 9.17) is 10.1 Å². The summed E-state index contributed by atoms with van der Waals surface area (Å²) in [6, 6.07) is 15.4. The van der Waals surface area contributed by atoms with Gasteiger partial charge < -0.3 is 29.6 Å². The van der Waals surface area contributed by atoms with Crippen LogP contribution in [-0.2, 0) is 13.6 Å². The average Bonchev–Trinajstić information content (AvgIpc) is 3.54. The molecule has 2 atom stereocenters. The highest BCUT2D eigenvalue weighted by Crippen LogP contribution is 2.36. The van der Waals surface area contributed by atoms with Crippen molar-refractivity contribution in [3.05, 3.63) is 54.1 Å². The minimum absolute atomic E-state index is 0.124. The van der Waals surface area contributed by atoms with E-state index in [2.05, 4.69) is 44.8 Å². The second-order valence-corrected chi connectivity index (χ2v) is 10.0. The van der Waals surface area contributed by atoms with Crippen molar-refractivity contribution in [1.82, 2.24) is 24.3 Å². The molecule has 1 saturated carbocycles. The Morgan fingerprint density at radius 3 is 2.67 bits per heavy atom. The number of imidazole rings is 1. The average molecular weight is 488 g/mol. The van der Waals surface area contributed by atoms with Gasteiger partial charge in [-0.05, 0) is 55.5 Å². The molecule has 1 aliphatic heterocycles. The Morgan fingerprint density at radius 2 is 1.89 bits per heavy atom. The van der Waals surface area contributed by atoms with Gasteiger partial charge in [0.2, 0.25) is 0 Å². The summed E-state index contributed by atoms with van der Waals surface area (Å²) in [6.45, 7) is 1.46. The van der Waals surface area contributed by atoms with Crippen molar-refractivity contribution in [3.8, 4) is 11.5 Å². The lowest BCUT2D eigenvalue weighted by Crippen LogP contribution is -2.56. The number of nitrogens with zero attached hydrogens (tertiary/aromatic N) is 4. The van der Waals surface area contributed by atoms with Crippen LogP contribution in [0, 0.1) is 5.92 Å². The van der Waals surface area contributed by atoms with E-state index in [9.17, 15) is 14.7 Å². The number of piperidine rings is 1. The van der Waals surface area contributed by atoms with Gasteiger partial charge in [0, 0.05) is 43.1 Å². The molecule has 3 N–H and O–H groups in total. The van der Waals surface area contributed by atoms with Gasteiger partial charge in [0.25, 0.3) is 5.91 Å². The lowest BCUT2D eigenvalue weighted by molar-refractivity contribution is 0.0378. The van der Waals surface area contributed by atoms with Gasteiger partial charge in [-0.25, -0.2) is 9.78 Å². The number of amides is 2. The Balaban J connectivity index is 1.34. The van der Waals surface area contributed by atoms with Crippen LogP contribution in [0.4, 0.5) is 4.79 Å². The summed E-state index contributed by atoms with van der Waals surface area (Å²) in [7, 11) is 2.00. The van der Waals surface area contributed by atoms with E-state index in [-0.39, 0.29) is 12.5 Å². The molecule has 1 saturated heterocycles. The summed E-state index contributed by atoms with van der Waals surface area (Å²) in [5.41, 5.74) is 4.45. The SMILES string of the molecule is Cn1c(-c2cc3ccccc3n2CC2CC2)nc2cc(C(=O)N3CC[C@@H](O)[C@@H](NC(=O)O)C3)ccc21. The molecule has 1 aliphatic carbocycles. The summed E-state index contributed by atoms with van der Waals surface area (Å²) in [4.78, 5) is 30.9.